The Balaban J connectivity index is 1.39. The van der Waals surface area contributed by atoms with Gasteiger partial charge in [-0.1, -0.05) is 119 Å². The zero-order valence-electron chi connectivity index (χ0n) is 26.4. The molecule has 0 aromatic heterocycles. The summed E-state index contributed by atoms with van der Waals surface area (Å²) in [6.07, 6.45) is 18.5. The highest BCUT2D eigenvalue weighted by atomic mass is 15.2. The van der Waals surface area contributed by atoms with E-state index in [0.717, 1.165) is 12.8 Å². The smallest absolute Gasteiger partial charge is 0.0448 e. The highest BCUT2D eigenvalue weighted by Crippen LogP contribution is 2.48. The number of rotatable bonds is 4. The predicted octanol–water partition coefficient (Wildman–Crippen LogP) is 10.5. The molecule has 0 spiro atoms. The Hall–Kier alpha value is -3.32. The lowest BCUT2D eigenvalue weighted by Crippen LogP contribution is -2.22. The van der Waals surface area contributed by atoms with Gasteiger partial charge < -0.3 is 4.90 Å². The largest absolute Gasteiger partial charge is 0.347 e. The van der Waals surface area contributed by atoms with Crippen molar-refractivity contribution in [3.8, 4) is 0 Å². The molecule has 0 atom stereocenters. The molecule has 1 heterocycles. The molecule has 0 N–H and O–H groups in total. The Morgan fingerprint density at radius 3 is 2.10 bits per heavy atom. The zero-order chi connectivity index (χ0) is 29.0. The number of hydrogen-bond acceptors (Lipinski definition) is 1. The van der Waals surface area contributed by atoms with Crippen molar-refractivity contribution in [2.75, 3.05) is 11.9 Å². The Morgan fingerprint density at radius 1 is 0.725 bits per heavy atom. The van der Waals surface area contributed by atoms with E-state index in [0.29, 0.717) is 0 Å². The number of benzene rings is 2. The molecule has 0 radical (unpaired) electrons. The molecule has 2 aromatic carbocycles. The lowest BCUT2D eigenvalue weighted by molar-refractivity contribution is 0.355. The third-order valence-electron chi connectivity index (χ3n) is 9.39. The normalized spacial score (nSPS) is 23.1. The molecule has 0 saturated heterocycles. The summed E-state index contributed by atoms with van der Waals surface area (Å²) >= 11 is 0. The van der Waals surface area contributed by atoms with Crippen LogP contribution in [-0.4, -0.2) is 7.05 Å². The number of nitrogens with zero attached hydrogens (tertiary/aromatic N) is 1. The predicted molar refractivity (Wildman–Crippen MR) is 175 cm³/mol. The number of fused-ring (bicyclic) bond motifs is 2. The maximum atomic E-state index is 2.41. The van der Waals surface area contributed by atoms with Crippen molar-refractivity contribution in [2.45, 2.75) is 86.0 Å². The fraction of sp³-hybridized carbons (Fsp3) is 0.385. The van der Waals surface area contributed by atoms with Crippen LogP contribution in [0.25, 0.3) is 5.57 Å². The van der Waals surface area contributed by atoms with Crippen LogP contribution in [0.1, 0.15) is 89.1 Å². The summed E-state index contributed by atoms with van der Waals surface area (Å²) in [7, 11) is 2.20. The molecule has 1 aliphatic heterocycles. The van der Waals surface area contributed by atoms with Crippen molar-refractivity contribution in [2.24, 2.45) is 5.41 Å². The Kier molecular flexibility index (Phi) is 7.02. The van der Waals surface area contributed by atoms with E-state index in [1.54, 1.807) is 0 Å². The standard InChI is InChI=1S/C39H47N/c1-26-17-19-31-28(3)32(38(6,7)33(31)21-26)15-11-13-29-23-30(25-37(4,5)24-29)14-12-16-36-39(8,9)34-22-27(2)18-20-35(34)40(36)10/h11-23H,24-25H2,1-10H3/b14-12?,15-11?,29-13-,36-16?. The zero-order valence-corrected chi connectivity index (χ0v) is 26.4. The fourth-order valence-electron chi connectivity index (χ4n) is 7.30. The molecule has 0 unspecified atom stereocenters. The Bertz CT molecular complexity index is 1540. The SMILES string of the molecule is CC1=C(C=C/C=C2/C=C(C=CC=C3N(C)c4ccc(C)cc4C3(C)C)CC(C)(C)C2)C(C)(C)c2cc(C)ccc21. The number of likely N-dealkylation sites (N-methyl/N-ethyl adjacent to an activating group) is 1. The quantitative estimate of drug-likeness (QED) is 0.381. The molecule has 40 heavy (non-hydrogen) atoms. The molecular weight excluding hydrogens is 482 g/mol. The van der Waals surface area contributed by atoms with Gasteiger partial charge in [-0.3, -0.25) is 0 Å². The molecule has 0 bridgehead atoms. The number of aryl methyl sites for hydroxylation is 2. The van der Waals surface area contributed by atoms with Gasteiger partial charge in [-0.25, -0.2) is 0 Å². The van der Waals surface area contributed by atoms with Crippen LogP contribution in [0.3, 0.4) is 0 Å². The third-order valence-corrected chi connectivity index (χ3v) is 9.39. The summed E-state index contributed by atoms with van der Waals surface area (Å²) in [6.45, 7) is 20.8. The topological polar surface area (TPSA) is 3.24 Å². The summed E-state index contributed by atoms with van der Waals surface area (Å²) in [5.41, 5.74) is 15.5. The van der Waals surface area contributed by atoms with Gasteiger partial charge in [0.15, 0.2) is 0 Å². The van der Waals surface area contributed by atoms with Gasteiger partial charge in [-0.15, -0.1) is 0 Å². The van der Waals surface area contributed by atoms with Gasteiger partial charge in [0.1, 0.15) is 0 Å². The summed E-state index contributed by atoms with van der Waals surface area (Å²) < 4.78 is 0. The lowest BCUT2D eigenvalue weighted by Gasteiger charge is -2.30. The van der Waals surface area contributed by atoms with E-state index in [2.05, 4.69) is 153 Å². The molecular formula is C39H47N. The van der Waals surface area contributed by atoms with E-state index in [9.17, 15) is 0 Å². The van der Waals surface area contributed by atoms with E-state index < -0.39 is 0 Å². The van der Waals surface area contributed by atoms with E-state index >= 15 is 0 Å². The van der Waals surface area contributed by atoms with Gasteiger partial charge in [0.05, 0.1) is 0 Å². The summed E-state index contributed by atoms with van der Waals surface area (Å²) in [5.74, 6) is 0. The molecule has 1 nitrogen and oxygen atoms in total. The molecule has 2 aliphatic carbocycles. The monoisotopic (exact) mass is 529 g/mol. The van der Waals surface area contributed by atoms with Crippen LogP contribution in [0.15, 0.2) is 101 Å². The number of allylic oxidation sites excluding steroid dienone is 12. The second-order valence-corrected chi connectivity index (χ2v) is 14.2. The van der Waals surface area contributed by atoms with Crippen LogP contribution >= 0.6 is 0 Å². The fourth-order valence-corrected chi connectivity index (χ4v) is 7.30. The van der Waals surface area contributed by atoms with Gasteiger partial charge in [0, 0.05) is 29.3 Å². The second-order valence-electron chi connectivity index (χ2n) is 14.2. The van der Waals surface area contributed by atoms with Crippen molar-refractivity contribution in [1.29, 1.82) is 0 Å². The molecule has 1 heteroatoms. The van der Waals surface area contributed by atoms with Crippen LogP contribution < -0.4 is 4.90 Å². The minimum atomic E-state index is -0.00426. The van der Waals surface area contributed by atoms with Crippen molar-refractivity contribution in [3.63, 3.8) is 0 Å². The summed E-state index contributed by atoms with van der Waals surface area (Å²) in [4.78, 5) is 2.36. The van der Waals surface area contributed by atoms with Crippen molar-refractivity contribution >= 4 is 11.3 Å². The van der Waals surface area contributed by atoms with Gasteiger partial charge in [0.2, 0.25) is 0 Å². The molecule has 0 fully saturated rings. The van der Waals surface area contributed by atoms with Crippen molar-refractivity contribution in [1.82, 2.24) is 0 Å². The maximum Gasteiger partial charge on any atom is 0.0448 e. The molecule has 0 saturated carbocycles. The van der Waals surface area contributed by atoms with Crippen LogP contribution in [-0.2, 0) is 10.8 Å². The molecule has 3 aliphatic rings. The summed E-state index contributed by atoms with van der Waals surface area (Å²) in [5, 5.41) is 0. The van der Waals surface area contributed by atoms with E-state index in [-0.39, 0.29) is 16.2 Å². The first-order valence-electron chi connectivity index (χ1n) is 14.9. The average Bonchev–Trinajstić information content (AvgIpc) is 3.16. The minimum absolute atomic E-state index is 0.00426. The van der Waals surface area contributed by atoms with Crippen molar-refractivity contribution < 1.29 is 0 Å². The first kappa shape index (κ1) is 28.2. The first-order chi connectivity index (χ1) is 18.7. The van der Waals surface area contributed by atoms with Crippen molar-refractivity contribution in [3.05, 3.63) is 129 Å². The third kappa shape index (κ3) is 5.00. The Labute approximate surface area is 243 Å². The molecule has 5 rings (SSSR count). The van der Waals surface area contributed by atoms with Crippen LogP contribution in [0.5, 0.6) is 0 Å². The molecule has 2 aromatic rings. The van der Waals surface area contributed by atoms with E-state index in [4.69, 9.17) is 0 Å². The van der Waals surface area contributed by atoms with Crippen LogP contribution in [0, 0.1) is 19.3 Å². The van der Waals surface area contributed by atoms with Gasteiger partial charge in [-0.05, 0) is 90.2 Å². The highest BCUT2D eigenvalue weighted by Gasteiger charge is 2.38. The number of anilines is 1. The average molecular weight is 530 g/mol. The Morgan fingerprint density at radius 2 is 1.38 bits per heavy atom. The maximum absolute atomic E-state index is 2.41. The van der Waals surface area contributed by atoms with Gasteiger partial charge >= 0.3 is 0 Å². The molecule has 0 amide bonds. The highest BCUT2D eigenvalue weighted by molar-refractivity contribution is 5.81. The first-order valence-corrected chi connectivity index (χ1v) is 14.9. The summed E-state index contributed by atoms with van der Waals surface area (Å²) in [6, 6.07) is 13.7. The van der Waals surface area contributed by atoms with E-state index in [1.165, 1.54) is 61.5 Å². The second kappa shape index (κ2) is 9.95. The van der Waals surface area contributed by atoms with Gasteiger partial charge in [0.25, 0.3) is 0 Å². The number of hydrogen-bond donors (Lipinski definition) is 0. The van der Waals surface area contributed by atoms with Crippen LogP contribution in [0.4, 0.5) is 5.69 Å². The van der Waals surface area contributed by atoms with E-state index in [1.807, 2.05) is 0 Å². The van der Waals surface area contributed by atoms with Gasteiger partial charge in [-0.2, -0.15) is 0 Å². The lowest BCUT2D eigenvalue weighted by atomic mass is 9.75. The molecule has 208 valence electrons. The van der Waals surface area contributed by atoms with Crippen LogP contribution in [0.2, 0.25) is 0 Å². The minimum Gasteiger partial charge on any atom is -0.347 e.